The predicted molar refractivity (Wildman–Crippen MR) is 90.8 cm³/mol. The molecule has 0 amide bonds. The maximum atomic E-state index is 13.0. The molecule has 0 radical (unpaired) electrons. The van der Waals surface area contributed by atoms with Crippen LogP contribution in [0.25, 0.3) is 11.5 Å². The van der Waals surface area contributed by atoms with Crippen LogP contribution in [-0.2, 0) is 6.54 Å². The SMILES string of the molecule is Cc1cccc(-c2nnc([C@H](C)N(C)Cc3ccc(F)cc3)o2)c1. The molecule has 1 heterocycles. The lowest BCUT2D eigenvalue weighted by molar-refractivity contribution is 0.218. The summed E-state index contributed by atoms with van der Waals surface area (Å²) >= 11 is 0. The molecule has 1 aromatic heterocycles. The van der Waals surface area contributed by atoms with Crippen molar-refractivity contribution in [3.63, 3.8) is 0 Å². The van der Waals surface area contributed by atoms with E-state index in [4.69, 9.17) is 4.42 Å². The van der Waals surface area contributed by atoms with Crippen molar-refractivity contribution < 1.29 is 8.81 Å². The van der Waals surface area contributed by atoms with Crippen molar-refractivity contribution in [3.8, 4) is 11.5 Å². The molecule has 2 aromatic carbocycles. The molecule has 0 saturated carbocycles. The fourth-order valence-corrected chi connectivity index (χ4v) is 2.50. The number of hydrogen-bond acceptors (Lipinski definition) is 4. The monoisotopic (exact) mass is 325 g/mol. The van der Waals surface area contributed by atoms with Crippen molar-refractivity contribution in [2.75, 3.05) is 7.05 Å². The summed E-state index contributed by atoms with van der Waals surface area (Å²) in [6, 6.07) is 14.4. The number of aromatic nitrogens is 2. The Bertz CT molecular complexity index is 813. The smallest absolute Gasteiger partial charge is 0.247 e. The lowest BCUT2D eigenvalue weighted by atomic mass is 10.1. The van der Waals surface area contributed by atoms with Crippen LogP contribution in [-0.4, -0.2) is 22.1 Å². The zero-order valence-corrected chi connectivity index (χ0v) is 14.0. The first-order valence-corrected chi connectivity index (χ1v) is 7.88. The Kier molecular flexibility index (Phi) is 4.71. The molecule has 3 aromatic rings. The zero-order valence-electron chi connectivity index (χ0n) is 14.0. The standard InChI is InChI=1S/C19H20FN3O/c1-13-5-4-6-16(11-13)19-22-21-18(24-19)14(2)23(3)12-15-7-9-17(20)10-8-15/h4-11,14H,12H2,1-3H3/t14-/m0/s1. The minimum Gasteiger partial charge on any atom is -0.419 e. The summed E-state index contributed by atoms with van der Waals surface area (Å²) in [5, 5.41) is 8.34. The molecule has 0 unspecified atom stereocenters. The van der Waals surface area contributed by atoms with Gasteiger partial charge in [0.2, 0.25) is 11.8 Å². The average Bonchev–Trinajstić information content (AvgIpc) is 3.06. The second-order valence-corrected chi connectivity index (χ2v) is 6.03. The zero-order chi connectivity index (χ0) is 17.1. The van der Waals surface area contributed by atoms with E-state index in [-0.39, 0.29) is 11.9 Å². The summed E-state index contributed by atoms with van der Waals surface area (Å²) in [5.74, 6) is 0.862. The van der Waals surface area contributed by atoms with Gasteiger partial charge in [0.1, 0.15) is 5.82 Å². The maximum Gasteiger partial charge on any atom is 0.247 e. The third-order valence-corrected chi connectivity index (χ3v) is 4.07. The topological polar surface area (TPSA) is 42.2 Å². The normalized spacial score (nSPS) is 12.5. The van der Waals surface area contributed by atoms with Crippen LogP contribution in [0.2, 0.25) is 0 Å². The van der Waals surface area contributed by atoms with Crippen LogP contribution < -0.4 is 0 Å². The van der Waals surface area contributed by atoms with Crippen LogP contribution in [0.3, 0.4) is 0 Å². The first kappa shape index (κ1) is 16.3. The van der Waals surface area contributed by atoms with E-state index in [9.17, 15) is 4.39 Å². The van der Waals surface area contributed by atoms with E-state index in [1.807, 2.05) is 45.2 Å². The van der Waals surface area contributed by atoms with E-state index < -0.39 is 0 Å². The van der Waals surface area contributed by atoms with E-state index >= 15 is 0 Å². The molecule has 0 spiro atoms. The van der Waals surface area contributed by atoms with Gasteiger partial charge >= 0.3 is 0 Å². The Labute approximate surface area is 140 Å². The van der Waals surface area contributed by atoms with E-state index in [2.05, 4.69) is 15.1 Å². The molecule has 0 fully saturated rings. The third kappa shape index (κ3) is 3.68. The molecular formula is C19H20FN3O. The van der Waals surface area contributed by atoms with Crippen molar-refractivity contribution in [3.05, 3.63) is 71.4 Å². The van der Waals surface area contributed by atoms with Crippen LogP contribution in [0.4, 0.5) is 4.39 Å². The number of rotatable bonds is 5. The molecule has 0 saturated heterocycles. The van der Waals surface area contributed by atoms with Gasteiger partial charge in [-0.15, -0.1) is 10.2 Å². The Hall–Kier alpha value is -2.53. The van der Waals surface area contributed by atoms with Crippen molar-refractivity contribution in [2.45, 2.75) is 26.4 Å². The molecule has 0 N–H and O–H groups in total. The molecule has 1 atom stereocenters. The highest BCUT2D eigenvalue weighted by molar-refractivity contribution is 5.53. The van der Waals surface area contributed by atoms with Crippen molar-refractivity contribution in [1.29, 1.82) is 0 Å². The summed E-state index contributed by atoms with van der Waals surface area (Å²) in [7, 11) is 1.98. The van der Waals surface area contributed by atoms with Crippen molar-refractivity contribution in [2.24, 2.45) is 0 Å². The Morgan fingerprint density at radius 1 is 1.12 bits per heavy atom. The second-order valence-electron chi connectivity index (χ2n) is 6.03. The molecule has 0 aliphatic heterocycles. The van der Waals surface area contributed by atoms with Gasteiger partial charge in [0.05, 0.1) is 6.04 Å². The lowest BCUT2D eigenvalue weighted by Crippen LogP contribution is -2.22. The Morgan fingerprint density at radius 3 is 2.58 bits per heavy atom. The van der Waals surface area contributed by atoms with E-state index in [0.717, 1.165) is 16.7 Å². The quantitative estimate of drug-likeness (QED) is 0.698. The maximum absolute atomic E-state index is 13.0. The summed E-state index contributed by atoms with van der Waals surface area (Å²) in [6.07, 6.45) is 0. The molecule has 0 aliphatic rings. The van der Waals surface area contributed by atoms with Gasteiger partial charge in [-0.25, -0.2) is 4.39 Å². The van der Waals surface area contributed by atoms with Crippen LogP contribution in [0.5, 0.6) is 0 Å². The van der Waals surface area contributed by atoms with E-state index in [0.29, 0.717) is 18.3 Å². The number of benzene rings is 2. The first-order chi connectivity index (χ1) is 11.5. The van der Waals surface area contributed by atoms with Crippen molar-refractivity contribution in [1.82, 2.24) is 15.1 Å². The van der Waals surface area contributed by atoms with E-state index in [1.165, 1.54) is 12.1 Å². The summed E-state index contributed by atoms with van der Waals surface area (Å²) in [5.41, 5.74) is 3.10. The van der Waals surface area contributed by atoms with Gasteiger partial charge in [-0.1, -0.05) is 29.8 Å². The first-order valence-electron chi connectivity index (χ1n) is 7.88. The van der Waals surface area contributed by atoms with E-state index in [1.54, 1.807) is 12.1 Å². The molecule has 5 heteroatoms. The Balaban J connectivity index is 1.73. The van der Waals surface area contributed by atoms with Crippen LogP contribution in [0.1, 0.15) is 30.0 Å². The minimum absolute atomic E-state index is 0.0406. The van der Waals surface area contributed by atoms with Crippen LogP contribution in [0, 0.1) is 12.7 Å². The van der Waals surface area contributed by atoms with Crippen LogP contribution in [0.15, 0.2) is 52.9 Å². The number of nitrogens with zero attached hydrogens (tertiary/aromatic N) is 3. The van der Waals surface area contributed by atoms with Gasteiger partial charge < -0.3 is 4.42 Å². The van der Waals surface area contributed by atoms with Gasteiger partial charge in [0.25, 0.3) is 0 Å². The second kappa shape index (κ2) is 6.93. The highest BCUT2D eigenvalue weighted by Crippen LogP contribution is 2.24. The Morgan fingerprint density at radius 2 is 1.88 bits per heavy atom. The fourth-order valence-electron chi connectivity index (χ4n) is 2.50. The van der Waals surface area contributed by atoms with Gasteiger partial charge in [-0.05, 0) is 50.7 Å². The fraction of sp³-hybridized carbons (Fsp3) is 0.263. The molecule has 24 heavy (non-hydrogen) atoms. The highest BCUT2D eigenvalue weighted by atomic mass is 19.1. The summed E-state index contributed by atoms with van der Waals surface area (Å²) < 4.78 is 18.8. The van der Waals surface area contributed by atoms with Crippen LogP contribution >= 0.6 is 0 Å². The van der Waals surface area contributed by atoms with Crippen molar-refractivity contribution >= 4 is 0 Å². The minimum atomic E-state index is -0.228. The molecule has 3 rings (SSSR count). The molecular weight excluding hydrogens is 305 g/mol. The van der Waals surface area contributed by atoms with Gasteiger partial charge in [-0.3, -0.25) is 4.90 Å². The number of halogens is 1. The number of hydrogen-bond donors (Lipinski definition) is 0. The highest BCUT2D eigenvalue weighted by Gasteiger charge is 2.19. The molecule has 0 aliphatic carbocycles. The predicted octanol–water partition coefficient (Wildman–Crippen LogP) is 4.38. The summed E-state index contributed by atoms with van der Waals surface area (Å²) in [6.45, 7) is 4.71. The average molecular weight is 325 g/mol. The molecule has 124 valence electrons. The number of aryl methyl sites for hydroxylation is 1. The molecule has 4 nitrogen and oxygen atoms in total. The van der Waals surface area contributed by atoms with Gasteiger partial charge in [0.15, 0.2) is 0 Å². The lowest BCUT2D eigenvalue weighted by Gasteiger charge is -2.21. The van der Waals surface area contributed by atoms with Gasteiger partial charge in [-0.2, -0.15) is 0 Å². The molecule has 0 bridgehead atoms. The summed E-state index contributed by atoms with van der Waals surface area (Å²) in [4.78, 5) is 2.08. The third-order valence-electron chi connectivity index (χ3n) is 4.07. The largest absolute Gasteiger partial charge is 0.419 e. The van der Waals surface area contributed by atoms with Gasteiger partial charge in [0, 0.05) is 12.1 Å².